The summed E-state index contributed by atoms with van der Waals surface area (Å²) in [4.78, 5) is 26.7. The molecule has 10 heteroatoms. The van der Waals surface area contributed by atoms with Crippen LogP contribution in [-0.4, -0.2) is 67.2 Å². The van der Waals surface area contributed by atoms with Gasteiger partial charge in [0.25, 0.3) is 0 Å². The van der Waals surface area contributed by atoms with Crippen LogP contribution in [0.3, 0.4) is 0 Å². The second kappa shape index (κ2) is 8.53. The number of nitrogens with two attached hydrogens (primary N) is 1. The molecule has 7 N–H and O–H groups in total. The average molecular weight is 500 g/mol. The number of hydrogen-bond donors (Lipinski definition) is 6. The Bertz CT molecular complexity index is 1260. The molecular weight excluding hydrogens is 470 g/mol. The highest BCUT2D eigenvalue weighted by Crippen LogP contribution is 2.49. The standard InChI is InChI=1S/C26H29NO9/c1-3-26(34)8-11-6-12-19(25(33)21-15(29)5-4-14(28)20(21)23(12)31)24(32)18(11)16(9-26)36-17-7-13(27)22(30)10(2)35-17/h4-6,10,13,16-17,22,28-30,32,34H,3,7-9,27H2,1-2H3/t10-,13-,16-,17+,22-,26-/m0/s1. The van der Waals surface area contributed by atoms with Crippen molar-refractivity contribution in [2.45, 2.75) is 75.8 Å². The largest absolute Gasteiger partial charge is 0.507 e. The molecule has 5 rings (SSSR count). The monoisotopic (exact) mass is 499 g/mol. The Labute approximate surface area is 206 Å². The lowest BCUT2D eigenvalue weighted by Crippen LogP contribution is -2.52. The summed E-state index contributed by atoms with van der Waals surface area (Å²) in [6, 6.07) is 3.06. The molecule has 6 atom stereocenters. The van der Waals surface area contributed by atoms with Crippen molar-refractivity contribution in [2.75, 3.05) is 0 Å². The van der Waals surface area contributed by atoms with Crippen molar-refractivity contribution < 1.29 is 44.6 Å². The minimum atomic E-state index is -1.22. The lowest BCUT2D eigenvalue weighted by molar-refractivity contribution is -0.247. The molecule has 2 aliphatic carbocycles. The second-order valence-electron chi connectivity index (χ2n) is 9.98. The first kappa shape index (κ1) is 24.7. The summed E-state index contributed by atoms with van der Waals surface area (Å²) in [5, 5.41) is 53.3. The van der Waals surface area contributed by atoms with E-state index >= 15 is 0 Å². The van der Waals surface area contributed by atoms with E-state index < -0.39 is 65.1 Å². The lowest BCUT2D eigenvalue weighted by Gasteiger charge is -2.42. The number of phenolic OH excluding ortho intramolecular Hbond substituents is 3. The van der Waals surface area contributed by atoms with Gasteiger partial charge in [-0.05, 0) is 37.1 Å². The first-order valence-electron chi connectivity index (χ1n) is 12.0. The molecule has 10 nitrogen and oxygen atoms in total. The number of carbonyl (C=O) groups excluding carboxylic acids is 2. The Balaban J connectivity index is 1.63. The van der Waals surface area contributed by atoms with Gasteiger partial charge in [0.2, 0.25) is 5.78 Å². The maximum absolute atomic E-state index is 13.4. The molecule has 2 aromatic rings. The van der Waals surface area contributed by atoms with E-state index in [0.717, 1.165) is 12.1 Å². The van der Waals surface area contributed by atoms with E-state index in [1.807, 2.05) is 0 Å². The van der Waals surface area contributed by atoms with Gasteiger partial charge in [-0.1, -0.05) is 6.92 Å². The van der Waals surface area contributed by atoms with Crippen molar-refractivity contribution in [3.63, 3.8) is 0 Å². The van der Waals surface area contributed by atoms with Crippen LogP contribution in [-0.2, 0) is 15.9 Å². The van der Waals surface area contributed by atoms with Gasteiger partial charge in [0.1, 0.15) is 17.2 Å². The fourth-order valence-electron chi connectivity index (χ4n) is 5.57. The number of hydrogen-bond acceptors (Lipinski definition) is 10. The minimum Gasteiger partial charge on any atom is -0.507 e. The number of aliphatic hydroxyl groups excluding tert-OH is 1. The van der Waals surface area contributed by atoms with Gasteiger partial charge in [0.15, 0.2) is 12.1 Å². The summed E-state index contributed by atoms with van der Waals surface area (Å²) in [6.07, 6.45) is -2.52. The third-order valence-corrected chi connectivity index (χ3v) is 7.64. The fourth-order valence-corrected chi connectivity index (χ4v) is 5.57. The molecule has 0 amide bonds. The van der Waals surface area contributed by atoms with Crippen molar-refractivity contribution in [1.82, 2.24) is 0 Å². The number of benzene rings is 2. The topological polar surface area (TPSA) is 180 Å². The summed E-state index contributed by atoms with van der Waals surface area (Å²) >= 11 is 0. The summed E-state index contributed by atoms with van der Waals surface area (Å²) in [7, 11) is 0. The maximum Gasteiger partial charge on any atom is 0.202 e. The molecular formula is C26H29NO9. The molecule has 192 valence electrons. The van der Waals surface area contributed by atoms with E-state index in [-0.39, 0.29) is 47.1 Å². The Morgan fingerprint density at radius 3 is 2.36 bits per heavy atom. The fraction of sp³-hybridized carbons (Fsp3) is 0.462. The molecule has 2 aromatic carbocycles. The molecule has 1 saturated heterocycles. The number of phenols is 3. The molecule has 3 aliphatic rings. The van der Waals surface area contributed by atoms with Gasteiger partial charge < -0.3 is 40.7 Å². The van der Waals surface area contributed by atoms with E-state index in [0.29, 0.717) is 12.0 Å². The van der Waals surface area contributed by atoms with E-state index in [9.17, 15) is 35.1 Å². The highest BCUT2D eigenvalue weighted by Gasteiger charge is 2.45. The number of ketones is 2. The Kier molecular flexibility index (Phi) is 5.85. The van der Waals surface area contributed by atoms with Crippen molar-refractivity contribution in [3.8, 4) is 17.2 Å². The number of aromatic hydroxyl groups is 3. The van der Waals surface area contributed by atoms with Crippen LogP contribution in [0.1, 0.15) is 82.2 Å². The van der Waals surface area contributed by atoms with E-state index in [2.05, 4.69) is 0 Å². The van der Waals surface area contributed by atoms with Crippen LogP contribution in [0.2, 0.25) is 0 Å². The maximum atomic E-state index is 13.4. The van der Waals surface area contributed by atoms with Crippen LogP contribution < -0.4 is 5.73 Å². The van der Waals surface area contributed by atoms with Gasteiger partial charge in [-0.2, -0.15) is 0 Å². The zero-order chi connectivity index (χ0) is 26.1. The normalized spacial score (nSPS) is 31.5. The van der Waals surface area contributed by atoms with Crippen molar-refractivity contribution in [3.05, 3.63) is 51.6 Å². The van der Waals surface area contributed by atoms with Gasteiger partial charge in [-0.3, -0.25) is 9.59 Å². The first-order chi connectivity index (χ1) is 17.0. The summed E-state index contributed by atoms with van der Waals surface area (Å²) in [5.74, 6) is -2.97. The Morgan fingerprint density at radius 1 is 1.11 bits per heavy atom. The van der Waals surface area contributed by atoms with Gasteiger partial charge in [-0.25, -0.2) is 0 Å². The number of carbonyl (C=O) groups is 2. The van der Waals surface area contributed by atoms with Crippen LogP contribution in [0.4, 0.5) is 0 Å². The zero-order valence-corrected chi connectivity index (χ0v) is 19.9. The van der Waals surface area contributed by atoms with E-state index in [4.69, 9.17) is 15.2 Å². The molecule has 1 aliphatic heterocycles. The highest BCUT2D eigenvalue weighted by atomic mass is 16.7. The summed E-state index contributed by atoms with van der Waals surface area (Å²) in [6.45, 7) is 3.46. The molecule has 0 aromatic heterocycles. The molecule has 0 spiro atoms. The highest BCUT2D eigenvalue weighted by molar-refractivity contribution is 6.31. The minimum absolute atomic E-state index is 0.0830. The third-order valence-electron chi connectivity index (χ3n) is 7.64. The van der Waals surface area contributed by atoms with Crippen LogP contribution in [0.5, 0.6) is 17.2 Å². The molecule has 0 saturated carbocycles. The SMILES string of the molecule is CC[C@]1(O)Cc2cc3c(c(O)c2[C@@H](O[C@@H]2C[C@H](N)[C@@H](O)[C@H](C)O2)C1)C(=O)c1c(O)ccc(O)c1C3=O. The van der Waals surface area contributed by atoms with Gasteiger partial charge in [-0.15, -0.1) is 0 Å². The molecule has 36 heavy (non-hydrogen) atoms. The Hall–Kier alpha value is -3.02. The smallest absolute Gasteiger partial charge is 0.202 e. The Morgan fingerprint density at radius 2 is 1.75 bits per heavy atom. The lowest BCUT2D eigenvalue weighted by atomic mass is 9.73. The second-order valence-corrected chi connectivity index (χ2v) is 9.98. The van der Waals surface area contributed by atoms with Crippen LogP contribution in [0.25, 0.3) is 0 Å². The average Bonchev–Trinajstić information content (AvgIpc) is 2.81. The molecule has 0 radical (unpaired) electrons. The number of ether oxygens (including phenoxy) is 2. The van der Waals surface area contributed by atoms with Crippen LogP contribution in [0, 0.1) is 0 Å². The molecule has 1 heterocycles. The van der Waals surface area contributed by atoms with Gasteiger partial charge in [0, 0.05) is 36.4 Å². The number of rotatable bonds is 3. The molecule has 1 fully saturated rings. The number of fused-ring (bicyclic) bond motifs is 3. The summed E-state index contributed by atoms with van der Waals surface area (Å²) < 4.78 is 11.9. The zero-order valence-electron chi connectivity index (χ0n) is 19.9. The van der Waals surface area contributed by atoms with Crippen molar-refractivity contribution in [1.29, 1.82) is 0 Å². The van der Waals surface area contributed by atoms with Gasteiger partial charge in [0.05, 0.1) is 40.6 Å². The quantitative estimate of drug-likeness (QED) is 0.289. The van der Waals surface area contributed by atoms with E-state index in [1.165, 1.54) is 6.07 Å². The first-order valence-corrected chi connectivity index (χ1v) is 12.0. The molecule has 0 unspecified atom stereocenters. The van der Waals surface area contributed by atoms with E-state index in [1.54, 1.807) is 13.8 Å². The van der Waals surface area contributed by atoms with Crippen molar-refractivity contribution in [2.24, 2.45) is 5.73 Å². The number of aliphatic hydroxyl groups is 2. The van der Waals surface area contributed by atoms with Crippen molar-refractivity contribution >= 4 is 11.6 Å². The summed E-state index contributed by atoms with van der Waals surface area (Å²) in [5.41, 5.74) is 4.33. The molecule has 0 bridgehead atoms. The van der Waals surface area contributed by atoms with Crippen LogP contribution in [0.15, 0.2) is 18.2 Å². The van der Waals surface area contributed by atoms with Crippen LogP contribution >= 0.6 is 0 Å². The predicted octanol–water partition coefficient (Wildman–Crippen LogP) is 1.55. The van der Waals surface area contributed by atoms with Gasteiger partial charge >= 0.3 is 0 Å². The predicted molar refractivity (Wildman–Crippen MR) is 125 cm³/mol. The third kappa shape index (κ3) is 3.68.